The molecule has 7 heteroatoms. The van der Waals surface area contributed by atoms with E-state index in [1.54, 1.807) is 11.3 Å². The predicted octanol–water partition coefficient (Wildman–Crippen LogP) is 3.39. The molecule has 6 nitrogen and oxygen atoms in total. The van der Waals surface area contributed by atoms with Gasteiger partial charge in [0.15, 0.2) is 0 Å². The molecule has 0 bridgehead atoms. The average molecular weight is 431 g/mol. The van der Waals surface area contributed by atoms with Crippen molar-refractivity contribution in [3.63, 3.8) is 0 Å². The van der Waals surface area contributed by atoms with E-state index < -0.39 is 0 Å². The number of amides is 1. The van der Waals surface area contributed by atoms with Gasteiger partial charge in [0.2, 0.25) is 5.91 Å². The van der Waals surface area contributed by atoms with Crippen molar-refractivity contribution in [1.82, 2.24) is 15.2 Å². The summed E-state index contributed by atoms with van der Waals surface area (Å²) in [5, 5.41) is 3.05. The first-order chi connectivity index (χ1) is 14.1. The van der Waals surface area contributed by atoms with Crippen LogP contribution in [0.5, 0.6) is 0 Å². The van der Waals surface area contributed by atoms with Crippen LogP contribution in [0.1, 0.15) is 44.9 Å². The van der Waals surface area contributed by atoms with Crippen molar-refractivity contribution >= 4 is 23.5 Å². The number of carbonyl (C=O) groups excluding carboxylic acids is 2. The van der Waals surface area contributed by atoms with Crippen LogP contribution in [0.4, 0.5) is 0 Å². The lowest BCUT2D eigenvalue weighted by Gasteiger charge is -2.20. The van der Waals surface area contributed by atoms with Gasteiger partial charge in [0, 0.05) is 6.54 Å². The normalized spacial score (nSPS) is 17.7. The number of nitrogens with two attached hydrogens (primary N) is 1. The van der Waals surface area contributed by atoms with E-state index in [1.165, 1.54) is 10.4 Å². The lowest BCUT2D eigenvalue weighted by Crippen LogP contribution is -2.41. The summed E-state index contributed by atoms with van der Waals surface area (Å²) in [5.41, 5.74) is 10.5. The van der Waals surface area contributed by atoms with Gasteiger partial charge in [-0.15, -0.1) is 11.3 Å². The number of rotatable bonds is 5. The van der Waals surface area contributed by atoms with Gasteiger partial charge in [-0.05, 0) is 49.9 Å². The van der Waals surface area contributed by atoms with Gasteiger partial charge < -0.3 is 15.8 Å². The Morgan fingerprint density at radius 2 is 2.03 bits per heavy atom. The van der Waals surface area contributed by atoms with E-state index in [4.69, 9.17) is 5.73 Å². The number of carbonyl (C=O) groups is 2. The second kappa shape index (κ2) is 10.8. The van der Waals surface area contributed by atoms with Crippen LogP contribution in [0.25, 0.3) is 10.4 Å². The van der Waals surface area contributed by atoms with E-state index in [-0.39, 0.29) is 23.4 Å². The summed E-state index contributed by atoms with van der Waals surface area (Å²) in [7, 11) is 2.02. The molecule has 1 aromatic carbocycles. The van der Waals surface area contributed by atoms with Crippen molar-refractivity contribution in [1.29, 1.82) is 0 Å². The highest BCUT2D eigenvalue weighted by atomic mass is 32.1. The summed E-state index contributed by atoms with van der Waals surface area (Å²) in [6.07, 6.45) is 2.85. The molecule has 0 aliphatic carbocycles. The van der Waals surface area contributed by atoms with Crippen LogP contribution in [-0.4, -0.2) is 47.8 Å². The molecule has 2 heterocycles. The van der Waals surface area contributed by atoms with Crippen molar-refractivity contribution < 1.29 is 9.59 Å². The van der Waals surface area contributed by atoms with Crippen LogP contribution in [0, 0.1) is 12.3 Å². The molecule has 2 aromatic rings. The third kappa shape index (κ3) is 6.72. The molecule has 1 aliphatic rings. The molecule has 1 saturated heterocycles. The summed E-state index contributed by atoms with van der Waals surface area (Å²) < 4.78 is 0. The average Bonchev–Trinajstić information content (AvgIpc) is 3.33. The number of hydrogen-bond acceptors (Lipinski definition) is 6. The van der Waals surface area contributed by atoms with Crippen LogP contribution in [0.15, 0.2) is 29.8 Å². The lowest BCUT2D eigenvalue weighted by molar-refractivity contribution is -0.125. The van der Waals surface area contributed by atoms with Crippen molar-refractivity contribution in [2.75, 3.05) is 13.6 Å². The third-order valence-corrected chi connectivity index (χ3v) is 6.38. The molecule has 1 fully saturated rings. The van der Waals surface area contributed by atoms with Gasteiger partial charge in [-0.2, -0.15) is 0 Å². The molecular formula is C23H34N4O2S. The predicted molar refractivity (Wildman–Crippen MR) is 123 cm³/mol. The molecule has 164 valence electrons. The minimum Gasteiger partial charge on any atom is -0.351 e. The maximum atomic E-state index is 12.2. The number of aryl methyl sites for hydroxylation is 1. The van der Waals surface area contributed by atoms with Gasteiger partial charge in [0.1, 0.15) is 6.29 Å². The van der Waals surface area contributed by atoms with Gasteiger partial charge in [-0.25, -0.2) is 4.98 Å². The number of thiazole rings is 1. The first-order valence-corrected chi connectivity index (χ1v) is 11.2. The van der Waals surface area contributed by atoms with Crippen molar-refractivity contribution in [3.8, 4) is 10.4 Å². The fourth-order valence-corrected chi connectivity index (χ4v) is 3.92. The Balaban J connectivity index is 0.000000343. The lowest BCUT2D eigenvalue weighted by atomic mass is 9.89. The number of hydrogen-bond donors (Lipinski definition) is 2. The Labute approximate surface area is 183 Å². The molecule has 30 heavy (non-hydrogen) atoms. The number of nitrogens with one attached hydrogen (secondary N) is 1. The van der Waals surface area contributed by atoms with E-state index >= 15 is 0 Å². The summed E-state index contributed by atoms with van der Waals surface area (Å²) in [6.45, 7) is 9.44. The number of likely N-dealkylation sites (tertiary alicyclic amines) is 1. The van der Waals surface area contributed by atoms with Gasteiger partial charge >= 0.3 is 0 Å². The SMILES string of the molecule is CC(C)(C)C(N)C=O.Cc1ncsc1-c1ccc(CNC(=O)C2CCCN2C)cc1. The van der Waals surface area contributed by atoms with E-state index in [2.05, 4.69) is 39.5 Å². The molecule has 2 unspecified atom stereocenters. The number of likely N-dealkylation sites (N-methyl/N-ethyl adjacent to an activating group) is 1. The largest absolute Gasteiger partial charge is 0.351 e. The van der Waals surface area contributed by atoms with Gasteiger partial charge in [0.05, 0.1) is 28.2 Å². The molecule has 0 spiro atoms. The van der Waals surface area contributed by atoms with E-state index in [1.807, 2.05) is 40.3 Å². The van der Waals surface area contributed by atoms with E-state index in [0.717, 1.165) is 36.9 Å². The molecular weight excluding hydrogens is 396 g/mol. The number of benzene rings is 1. The fraction of sp³-hybridized carbons (Fsp3) is 0.522. The highest BCUT2D eigenvalue weighted by Gasteiger charge is 2.27. The quantitative estimate of drug-likeness (QED) is 0.710. The van der Waals surface area contributed by atoms with E-state index in [0.29, 0.717) is 6.54 Å². The van der Waals surface area contributed by atoms with Crippen LogP contribution >= 0.6 is 11.3 Å². The molecule has 0 saturated carbocycles. The zero-order valence-corrected chi connectivity index (χ0v) is 19.5. The monoisotopic (exact) mass is 430 g/mol. The second-order valence-corrected chi connectivity index (χ2v) is 9.70. The Morgan fingerprint density at radius 3 is 2.47 bits per heavy atom. The molecule has 2 atom stereocenters. The molecule has 1 aromatic heterocycles. The van der Waals surface area contributed by atoms with Crippen LogP contribution in [-0.2, 0) is 16.1 Å². The summed E-state index contributed by atoms with van der Waals surface area (Å²) in [6, 6.07) is 8.06. The maximum Gasteiger partial charge on any atom is 0.237 e. The van der Waals surface area contributed by atoms with Crippen LogP contribution in [0.2, 0.25) is 0 Å². The molecule has 1 amide bonds. The van der Waals surface area contributed by atoms with E-state index in [9.17, 15) is 9.59 Å². The minimum atomic E-state index is -0.331. The third-order valence-electron chi connectivity index (χ3n) is 5.40. The fourth-order valence-electron chi connectivity index (χ4n) is 3.11. The first-order valence-electron chi connectivity index (χ1n) is 10.3. The highest BCUT2D eigenvalue weighted by molar-refractivity contribution is 7.13. The number of aldehydes is 1. The summed E-state index contributed by atoms with van der Waals surface area (Å²) in [5.74, 6) is 0.141. The Kier molecular flexibility index (Phi) is 8.70. The number of nitrogens with zero attached hydrogens (tertiary/aromatic N) is 2. The first kappa shape index (κ1) is 24.2. The Hall–Kier alpha value is -2.09. The molecule has 1 aliphatic heterocycles. The minimum absolute atomic E-state index is 0.0408. The van der Waals surface area contributed by atoms with Crippen LogP contribution in [0.3, 0.4) is 0 Å². The van der Waals surface area contributed by atoms with Gasteiger partial charge in [-0.1, -0.05) is 45.0 Å². The van der Waals surface area contributed by atoms with Crippen molar-refractivity contribution in [2.45, 2.75) is 59.2 Å². The Morgan fingerprint density at radius 1 is 1.37 bits per heavy atom. The van der Waals surface area contributed by atoms with Crippen LogP contribution < -0.4 is 11.1 Å². The number of aromatic nitrogens is 1. The zero-order chi connectivity index (χ0) is 22.3. The van der Waals surface area contributed by atoms with Crippen molar-refractivity contribution in [2.24, 2.45) is 11.1 Å². The van der Waals surface area contributed by atoms with Crippen molar-refractivity contribution in [3.05, 3.63) is 41.0 Å². The molecule has 0 radical (unpaired) electrons. The zero-order valence-electron chi connectivity index (χ0n) is 18.6. The topological polar surface area (TPSA) is 88.3 Å². The smallest absolute Gasteiger partial charge is 0.237 e. The highest BCUT2D eigenvalue weighted by Crippen LogP contribution is 2.27. The van der Waals surface area contributed by atoms with Gasteiger partial charge in [0.25, 0.3) is 0 Å². The molecule has 3 N–H and O–H groups in total. The summed E-state index contributed by atoms with van der Waals surface area (Å²) >= 11 is 1.66. The second-order valence-electron chi connectivity index (χ2n) is 8.85. The van der Waals surface area contributed by atoms with Gasteiger partial charge in [-0.3, -0.25) is 9.69 Å². The standard InChI is InChI=1S/C17H21N3OS.C6H13NO/c1-12-16(22-11-19-12)14-7-5-13(6-8-14)10-18-17(21)15-4-3-9-20(15)2;1-6(2,3)5(7)4-8/h5-8,11,15H,3-4,9-10H2,1-2H3,(H,18,21);4-5H,7H2,1-3H3. The Bertz CT molecular complexity index is 826. The maximum absolute atomic E-state index is 12.2. The molecule has 3 rings (SSSR count). The summed E-state index contributed by atoms with van der Waals surface area (Å²) in [4.78, 5) is 29.8.